The third-order valence-electron chi connectivity index (χ3n) is 2.40. The van der Waals surface area contributed by atoms with Crippen LogP contribution in [0.15, 0.2) is 24.4 Å². The second-order valence-corrected chi connectivity index (χ2v) is 4.76. The zero-order chi connectivity index (χ0) is 12.3. The van der Waals surface area contributed by atoms with E-state index in [4.69, 9.17) is 10.5 Å². The molecule has 0 saturated heterocycles. The Morgan fingerprint density at radius 2 is 2.29 bits per heavy atom. The van der Waals surface area contributed by atoms with Crippen molar-refractivity contribution in [3.63, 3.8) is 0 Å². The fraction of sp³-hybridized carbons (Fsp3) is 0.250. The van der Waals surface area contributed by atoms with Crippen LogP contribution in [0, 0.1) is 6.92 Å². The summed E-state index contributed by atoms with van der Waals surface area (Å²) in [5, 5.41) is 4.10. The topological polar surface area (TPSA) is 60.2 Å². The molecule has 4 nitrogen and oxygen atoms in total. The fourth-order valence-corrected chi connectivity index (χ4v) is 2.25. The Balaban J connectivity index is 2.15. The number of anilines is 2. The molecular weight excluding hydrogens is 234 g/mol. The number of hydrogen-bond acceptors (Lipinski definition) is 5. The maximum absolute atomic E-state index is 5.54. The molecule has 0 spiro atoms. The summed E-state index contributed by atoms with van der Waals surface area (Å²) >= 11 is 1.57. The Bertz CT molecular complexity index is 510. The maximum Gasteiger partial charge on any atom is 0.187 e. The van der Waals surface area contributed by atoms with E-state index in [9.17, 15) is 0 Å². The molecule has 0 amide bonds. The molecule has 0 unspecified atom stereocenters. The van der Waals surface area contributed by atoms with E-state index in [0.29, 0.717) is 6.54 Å². The van der Waals surface area contributed by atoms with Gasteiger partial charge < -0.3 is 15.8 Å². The number of nitrogens with one attached hydrogen (secondary N) is 1. The third kappa shape index (κ3) is 2.75. The molecule has 0 atom stereocenters. The number of aryl methyl sites for hydroxylation is 1. The number of methoxy groups -OCH3 is 1. The Morgan fingerprint density at radius 3 is 2.88 bits per heavy atom. The Hall–Kier alpha value is -1.59. The molecule has 5 heteroatoms. The van der Waals surface area contributed by atoms with E-state index in [1.807, 2.05) is 25.1 Å². The molecular formula is C12H15N3OS. The molecule has 90 valence electrons. The Morgan fingerprint density at radius 1 is 1.47 bits per heavy atom. The second kappa shape index (κ2) is 5.16. The van der Waals surface area contributed by atoms with Crippen LogP contribution in [0.3, 0.4) is 0 Å². The summed E-state index contributed by atoms with van der Waals surface area (Å²) in [6.07, 6.45) is 1.80. The second-order valence-electron chi connectivity index (χ2n) is 3.65. The van der Waals surface area contributed by atoms with Crippen molar-refractivity contribution >= 4 is 22.2 Å². The van der Waals surface area contributed by atoms with Crippen molar-refractivity contribution in [2.75, 3.05) is 12.4 Å². The highest BCUT2D eigenvalue weighted by Crippen LogP contribution is 2.26. The SMILES string of the molecule is COc1ccc(Nc2ncc(CN)s2)cc1C. The first-order valence-electron chi connectivity index (χ1n) is 5.29. The first kappa shape index (κ1) is 11.9. The Kier molecular flexibility index (Phi) is 3.61. The van der Waals surface area contributed by atoms with Gasteiger partial charge in [-0.2, -0.15) is 0 Å². The van der Waals surface area contributed by atoms with Gasteiger partial charge in [-0.3, -0.25) is 0 Å². The molecule has 1 aromatic carbocycles. The minimum atomic E-state index is 0.529. The van der Waals surface area contributed by atoms with Crippen molar-refractivity contribution in [3.8, 4) is 5.75 Å². The maximum atomic E-state index is 5.54. The molecule has 2 aromatic rings. The van der Waals surface area contributed by atoms with Gasteiger partial charge in [0.1, 0.15) is 5.75 Å². The number of nitrogens with zero attached hydrogens (tertiary/aromatic N) is 1. The lowest BCUT2D eigenvalue weighted by Gasteiger charge is -2.07. The first-order chi connectivity index (χ1) is 8.22. The first-order valence-corrected chi connectivity index (χ1v) is 6.11. The van der Waals surface area contributed by atoms with Crippen LogP contribution < -0.4 is 15.8 Å². The molecule has 2 rings (SSSR count). The number of benzene rings is 1. The fourth-order valence-electron chi connectivity index (χ4n) is 1.54. The lowest BCUT2D eigenvalue weighted by molar-refractivity contribution is 0.412. The standard InChI is InChI=1S/C12H15N3OS/c1-8-5-9(3-4-11(8)16-2)15-12-14-7-10(6-13)17-12/h3-5,7H,6,13H2,1-2H3,(H,14,15). The van der Waals surface area contributed by atoms with Crippen LogP contribution in [0.5, 0.6) is 5.75 Å². The number of nitrogens with two attached hydrogens (primary N) is 1. The zero-order valence-electron chi connectivity index (χ0n) is 9.86. The van der Waals surface area contributed by atoms with Crippen molar-refractivity contribution in [1.29, 1.82) is 0 Å². The quantitative estimate of drug-likeness (QED) is 0.874. The largest absolute Gasteiger partial charge is 0.496 e. The van der Waals surface area contributed by atoms with Crippen LogP contribution in [0.4, 0.5) is 10.8 Å². The van der Waals surface area contributed by atoms with Crippen LogP contribution in [-0.4, -0.2) is 12.1 Å². The van der Waals surface area contributed by atoms with Crippen LogP contribution in [0.1, 0.15) is 10.4 Å². The Labute approximate surface area is 104 Å². The summed E-state index contributed by atoms with van der Waals surface area (Å²) < 4.78 is 5.21. The number of thiazole rings is 1. The number of ether oxygens (including phenoxy) is 1. The highest BCUT2D eigenvalue weighted by atomic mass is 32.1. The lowest BCUT2D eigenvalue weighted by Crippen LogP contribution is -1.92. The molecule has 0 aliphatic rings. The van der Waals surface area contributed by atoms with E-state index in [-0.39, 0.29) is 0 Å². The highest BCUT2D eigenvalue weighted by molar-refractivity contribution is 7.15. The van der Waals surface area contributed by atoms with Crippen molar-refractivity contribution in [3.05, 3.63) is 34.8 Å². The molecule has 0 fully saturated rings. The van der Waals surface area contributed by atoms with Gasteiger partial charge >= 0.3 is 0 Å². The molecule has 0 saturated carbocycles. The van der Waals surface area contributed by atoms with Gasteiger partial charge in [-0.1, -0.05) is 0 Å². The smallest absolute Gasteiger partial charge is 0.187 e. The van der Waals surface area contributed by atoms with Crippen LogP contribution in [0.2, 0.25) is 0 Å². The average Bonchev–Trinajstić information content (AvgIpc) is 2.77. The van der Waals surface area contributed by atoms with Gasteiger partial charge in [0.05, 0.1) is 7.11 Å². The summed E-state index contributed by atoms with van der Waals surface area (Å²) in [4.78, 5) is 5.32. The van der Waals surface area contributed by atoms with Gasteiger partial charge in [-0.25, -0.2) is 4.98 Å². The van der Waals surface area contributed by atoms with Crippen molar-refractivity contribution in [2.24, 2.45) is 5.73 Å². The number of hydrogen-bond donors (Lipinski definition) is 2. The van der Waals surface area contributed by atoms with Crippen molar-refractivity contribution in [2.45, 2.75) is 13.5 Å². The number of aromatic nitrogens is 1. The predicted octanol–water partition coefficient (Wildman–Crippen LogP) is 2.66. The van der Waals surface area contributed by atoms with Crippen molar-refractivity contribution < 1.29 is 4.74 Å². The van der Waals surface area contributed by atoms with Crippen LogP contribution >= 0.6 is 11.3 Å². The van der Waals surface area contributed by atoms with Gasteiger partial charge in [-0.15, -0.1) is 11.3 Å². The van der Waals surface area contributed by atoms with Crippen LogP contribution in [-0.2, 0) is 6.54 Å². The molecule has 0 bridgehead atoms. The van der Waals surface area contributed by atoms with Gasteiger partial charge in [0.15, 0.2) is 5.13 Å². The zero-order valence-corrected chi connectivity index (χ0v) is 10.7. The molecule has 17 heavy (non-hydrogen) atoms. The monoisotopic (exact) mass is 249 g/mol. The molecule has 1 heterocycles. The normalized spacial score (nSPS) is 10.3. The summed E-state index contributed by atoms with van der Waals surface area (Å²) in [6, 6.07) is 5.94. The van der Waals surface area contributed by atoms with E-state index < -0.39 is 0 Å². The molecule has 3 N–H and O–H groups in total. The van der Waals surface area contributed by atoms with E-state index in [1.54, 1.807) is 24.6 Å². The summed E-state index contributed by atoms with van der Waals surface area (Å²) in [7, 11) is 1.67. The van der Waals surface area contributed by atoms with Crippen LogP contribution in [0.25, 0.3) is 0 Å². The minimum Gasteiger partial charge on any atom is -0.496 e. The van der Waals surface area contributed by atoms with Gasteiger partial charge in [-0.05, 0) is 30.7 Å². The van der Waals surface area contributed by atoms with E-state index in [1.165, 1.54) is 0 Å². The van der Waals surface area contributed by atoms with E-state index in [0.717, 1.165) is 27.0 Å². The van der Waals surface area contributed by atoms with Gasteiger partial charge in [0, 0.05) is 23.3 Å². The van der Waals surface area contributed by atoms with E-state index in [2.05, 4.69) is 10.3 Å². The minimum absolute atomic E-state index is 0.529. The third-order valence-corrected chi connectivity index (χ3v) is 3.34. The van der Waals surface area contributed by atoms with Gasteiger partial charge in [0.2, 0.25) is 0 Å². The lowest BCUT2D eigenvalue weighted by atomic mass is 10.2. The van der Waals surface area contributed by atoms with Crippen molar-refractivity contribution in [1.82, 2.24) is 4.98 Å². The molecule has 0 radical (unpaired) electrons. The molecule has 0 aliphatic heterocycles. The highest BCUT2D eigenvalue weighted by Gasteiger charge is 2.03. The summed E-state index contributed by atoms with van der Waals surface area (Å²) in [5.41, 5.74) is 7.64. The summed E-state index contributed by atoms with van der Waals surface area (Å²) in [6.45, 7) is 2.54. The number of rotatable bonds is 4. The van der Waals surface area contributed by atoms with E-state index >= 15 is 0 Å². The summed E-state index contributed by atoms with van der Waals surface area (Å²) in [5.74, 6) is 0.886. The molecule has 1 aromatic heterocycles. The molecule has 0 aliphatic carbocycles. The average molecular weight is 249 g/mol. The predicted molar refractivity (Wildman–Crippen MR) is 71.0 cm³/mol. The van der Waals surface area contributed by atoms with Gasteiger partial charge in [0.25, 0.3) is 0 Å².